The minimum absolute atomic E-state index is 0.567. The molecular formula is C16H19NO2. The average molecular weight is 257 g/mol. The van der Waals surface area contributed by atoms with Gasteiger partial charge in [0.2, 0.25) is 0 Å². The van der Waals surface area contributed by atoms with Crippen LogP contribution in [0.2, 0.25) is 0 Å². The maximum absolute atomic E-state index is 5.92. The molecule has 0 aromatic heterocycles. The molecule has 2 N–H and O–H groups in total. The van der Waals surface area contributed by atoms with Crippen LogP contribution in [0, 0.1) is 0 Å². The number of hydrogen-bond donors (Lipinski definition) is 1. The average Bonchev–Trinajstić information content (AvgIpc) is 2.43. The van der Waals surface area contributed by atoms with E-state index in [1.165, 1.54) is 5.56 Å². The maximum atomic E-state index is 5.92. The lowest BCUT2D eigenvalue weighted by molar-refractivity contribution is 0.413. The Balaban J connectivity index is 2.12. The van der Waals surface area contributed by atoms with Crippen LogP contribution < -0.4 is 15.2 Å². The Bertz CT molecular complexity index is 535. The first-order valence-electron chi connectivity index (χ1n) is 6.43. The van der Waals surface area contributed by atoms with Crippen molar-refractivity contribution < 1.29 is 9.47 Å². The van der Waals surface area contributed by atoms with E-state index in [4.69, 9.17) is 15.2 Å². The summed E-state index contributed by atoms with van der Waals surface area (Å²) in [6.45, 7) is 2.17. The molecule has 0 aliphatic carbocycles. The van der Waals surface area contributed by atoms with Gasteiger partial charge in [-0.05, 0) is 36.2 Å². The Morgan fingerprint density at radius 3 is 2.26 bits per heavy atom. The van der Waals surface area contributed by atoms with E-state index in [1.807, 2.05) is 24.3 Å². The van der Waals surface area contributed by atoms with Gasteiger partial charge in [-0.1, -0.05) is 25.5 Å². The zero-order valence-electron chi connectivity index (χ0n) is 11.3. The maximum Gasteiger partial charge on any atom is 0.150 e. The summed E-state index contributed by atoms with van der Waals surface area (Å²) in [5, 5.41) is 0. The molecule has 0 spiro atoms. The van der Waals surface area contributed by atoms with Crippen molar-refractivity contribution in [1.29, 1.82) is 0 Å². The van der Waals surface area contributed by atoms with Crippen molar-refractivity contribution in [2.75, 3.05) is 12.8 Å². The molecule has 19 heavy (non-hydrogen) atoms. The zero-order chi connectivity index (χ0) is 13.7. The van der Waals surface area contributed by atoms with Crippen molar-refractivity contribution >= 4 is 5.69 Å². The van der Waals surface area contributed by atoms with Gasteiger partial charge in [0.1, 0.15) is 11.5 Å². The second-order valence-corrected chi connectivity index (χ2v) is 4.40. The van der Waals surface area contributed by atoms with Crippen LogP contribution in [-0.4, -0.2) is 7.11 Å². The van der Waals surface area contributed by atoms with Crippen molar-refractivity contribution in [3.05, 3.63) is 48.0 Å². The summed E-state index contributed by atoms with van der Waals surface area (Å²) < 4.78 is 10.9. The summed E-state index contributed by atoms with van der Waals surface area (Å²) in [5.41, 5.74) is 7.80. The molecule has 0 aliphatic rings. The van der Waals surface area contributed by atoms with Gasteiger partial charge >= 0.3 is 0 Å². The van der Waals surface area contributed by atoms with E-state index in [1.54, 1.807) is 13.2 Å². The number of aryl methyl sites for hydroxylation is 1. The van der Waals surface area contributed by atoms with Crippen molar-refractivity contribution in [2.24, 2.45) is 0 Å². The first-order chi connectivity index (χ1) is 9.22. The van der Waals surface area contributed by atoms with Crippen LogP contribution in [0.4, 0.5) is 5.69 Å². The summed E-state index contributed by atoms with van der Waals surface area (Å²) in [7, 11) is 1.61. The van der Waals surface area contributed by atoms with Crippen LogP contribution >= 0.6 is 0 Å². The molecular weight excluding hydrogens is 238 g/mol. The lowest BCUT2D eigenvalue weighted by atomic mass is 10.1. The normalized spacial score (nSPS) is 10.2. The highest BCUT2D eigenvalue weighted by molar-refractivity contribution is 5.57. The minimum atomic E-state index is 0.567. The van der Waals surface area contributed by atoms with Gasteiger partial charge in [-0.15, -0.1) is 0 Å². The summed E-state index contributed by atoms with van der Waals surface area (Å²) in [6.07, 6.45) is 2.23. The van der Waals surface area contributed by atoms with Crippen LogP contribution in [-0.2, 0) is 6.42 Å². The molecule has 3 nitrogen and oxygen atoms in total. The summed E-state index contributed by atoms with van der Waals surface area (Å²) in [5.74, 6) is 2.16. The first kappa shape index (κ1) is 13.3. The SMILES string of the molecule is CCCc1ccc(Oc2ccc(OC)cc2N)cc1. The quantitative estimate of drug-likeness (QED) is 0.823. The fourth-order valence-corrected chi connectivity index (χ4v) is 1.89. The second kappa shape index (κ2) is 6.14. The molecule has 0 saturated carbocycles. The number of nitrogen functional groups attached to an aromatic ring is 1. The Labute approximate surface area is 114 Å². The minimum Gasteiger partial charge on any atom is -0.497 e. The molecule has 100 valence electrons. The van der Waals surface area contributed by atoms with Gasteiger partial charge < -0.3 is 15.2 Å². The highest BCUT2D eigenvalue weighted by Gasteiger charge is 2.04. The molecule has 0 atom stereocenters. The molecule has 0 unspecified atom stereocenters. The summed E-state index contributed by atoms with van der Waals surface area (Å²) in [6, 6.07) is 13.5. The molecule has 0 radical (unpaired) electrons. The van der Waals surface area contributed by atoms with Crippen LogP contribution in [0.25, 0.3) is 0 Å². The van der Waals surface area contributed by atoms with E-state index in [9.17, 15) is 0 Å². The van der Waals surface area contributed by atoms with Crippen molar-refractivity contribution in [2.45, 2.75) is 19.8 Å². The van der Waals surface area contributed by atoms with Crippen LogP contribution in [0.5, 0.6) is 17.2 Å². The van der Waals surface area contributed by atoms with Gasteiger partial charge in [-0.2, -0.15) is 0 Å². The van der Waals surface area contributed by atoms with E-state index in [0.29, 0.717) is 11.4 Å². The van der Waals surface area contributed by atoms with E-state index in [2.05, 4.69) is 19.1 Å². The number of benzene rings is 2. The third-order valence-electron chi connectivity index (χ3n) is 2.91. The Kier molecular flexibility index (Phi) is 4.29. The van der Waals surface area contributed by atoms with E-state index >= 15 is 0 Å². The number of rotatable bonds is 5. The van der Waals surface area contributed by atoms with Crippen molar-refractivity contribution in [1.82, 2.24) is 0 Å². The molecule has 0 fully saturated rings. The Hall–Kier alpha value is -2.16. The lowest BCUT2D eigenvalue weighted by Crippen LogP contribution is -1.93. The number of ether oxygens (including phenoxy) is 2. The molecule has 2 aromatic carbocycles. The third kappa shape index (κ3) is 3.41. The van der Waals surface area contributed by atoms with Crippen molar-refractivity contribution in [3.63, 3.8) is 0 Å². The van der Waals surface area contributed by atoms with E-state index in [-0.39, 0.29) is 0 Å². The molecule has 3 heteroatoms. The number of methoxy groups -OCH3 is 1. The predicted octanol–water partition coefficient (Wildman–Crippen LogP) is 4.02. The largest absolute Gasteiger partial charge is 0.497 e. The molecule has 2 rings (SSSR count). The fraction of sp³-hybridized carbons (Fsp3) is 0.250. The van der Waals surface area contributed by atoms with Gasteiger partial charge in [0.05, 0.1) is 12.8 Å². The zero-order valence-corrected chi connectivity index (χ0v) is 11.3. The number of hydrogen-bond acceptors (Lipinski definition) is 3. The van der Waals surface area contributed by atoms with Crippen molar-refractivity contribution in [3.8, 4) is 17.2 Å². The van der Waals surface area contributed by atoms with Gasteiger partial charge in [0.15, 0.2) is 5.75 Å². The Morgan fingerprint density at radius 1 is 1.00 bits per heavy atom. The molecule has 0 heterocycles. The van der Waals surface area contributed by atoms with Gasteiger partial charge in [0.25, 0.3) is 0 Å². The highest BCUT2D eigenvalue weighted by Crippen LogP contribution is 2.30. The van der Waals surface area contributed by atoms with E-state index in [0.717, 1.165) is 24.3 Å². The van der Waals surface area contributed by atoms with Crippen LogP contribution in [0.3, 0.4) is 0 Å². The van der Waals surface area contributed by atoms with Gasteiger partial charge in [-0.25, -0.2) is 0 Å². The summed E-state index contributed by atoms with van der Waals surface area (Å²) >= 11 is 0. The molecule has 0 bridgehead atoms. The number of anilines is 1. The molecule has 2 aromatic rings. The molecule has 0 amide bonds. The fourth-order valence-electron chi connectivity index (χ4n) is 1.89. The Morgan fingerprint density at radius 2 is 1.68 bits per heavy atom. The van der Waals surface area contributed by atoms with E-state index < -0.39 is 0 Å². The third-order valence-corrected chi connectivity index (χ3v) is 2.91. The standard InChI is InChI=1S/C16H19NO2/c1-3-4-12-5-7-13(8-6-12)19-16-10-9-14(18-2)11-15(16)17/h5-11H,3-4,17H2,1-2H3. The molecule has 0 aliphatic heterocycles. The lowest BCUT2D eigenvalue weighted by Gasteiger charge is -2.10. The van der Waals surface area contributed by atoms with Gasteiger partial charge in [0, 0.05) is 6.07 Å². The summed E-state index contributed by atoms with van der Waals surface area (Å²) in [4.78, 5) is 0. The smallest absolute Gasteiger partial charge is 0.150 e. The monoisotopic (exact) mass is 257 g/mol. The first-order valence-corrected chi connectivity index (χ1v) is 6.43. The molecule has 0 saturated heterocycles. The topological polar surface area (TPSA) is 44.5 Å². The van der Waals surface area contributed by atoms with Crippen LogP contribution in [0.15, 0.2) is 42.5 Å². The second-order valence-electron chi connectivity index (χ2n) is 4.40. The highest BCUT2D eigenvalue weighted by atomic mass is 16.5. The number of nitrogens with two attached hydrogens (primary N) is 1. The van der Waals surface area contributed by atoms with Crippen LogP contribution in [0.1, 0.15) is 18.9 Å². The van der Waals surface area contributed by atoms with Gasteiger partial charge in [-0.3, -0.25) is 0 Å². The predicted molar refractivity (Wildman–Crippen MR) is 77.9 cm³/mol.